The summed E-state index contributed by atoms with van der Waals surface area (Å²) in [5, 5.41) is 2.54. The zero-order valence-electron chi connectivity index (χ0n) is 22.3. The van der Waals surface area contributed by atoms with Crippen LogP contribution in [0, 0.1) is 0 Å². The van der Waals surface area contributed by atoms with Gasteiger partial charge >= 0.3 is 0 Å². The van der Waals surface area contributed by atoms with Crippen molar-refractivity contribution in [1.82, 2.24) is 14.8 Å². The van der Waals surface area contributed by atoms with Crippen molar-refractivity contribution in [2.24, 2.45) is 4.99 Å². The lowest BCUT2D eigenvalue weighted by atomic mass is 9.99. The molecule has 6 rings (SSSR count). The van der Waals surface area contributed by atoms with Crippen molar-refractivity contribution in [2.75, 3.05) is 57.4 Å². The lowest BCUT2D eigenvalue weighted by Gasteiger charge is -2.38. The first kappa shape index (κ1) is 26.3. The van der Waals surface area contributed by atoms with Crippen LogP contribution in [0.2, 0.25) is 5.02 Å². The zero-order valence-corrected chi connectivity index (χ0v) is 23.8. The molecule has 0 unspecified atom stereocenters. The molecule has 39 heavy (non-hydrogen) atoms. The average Bonchev–Trinajstić information content (AvgIpc) is 3.33. The molecule has 3 aliphatic rings. The number of hydrogen-bond donors (Lipinski definition) is 0. The van der Waals surface area contributed by atoms with Crippen LogP contribution in [0.4, 0.5) is 5.69 Å². The summed E-state index contributed by atoms with van der Waals surface area (Å²) in [6.45, 7) is 11.4. The molecule has 1 aromatic heterocycles. The number of rotatable bonds is 4. The van der Waals surface area contributed by atoms with Crippen molar-refractivity contribution >= 4 is 57.1 Å². The van der Waals surface area contributed by atoms with E-state index in [0.29, 0.717) is 24.2 Å². The van der Waals surface area contributed by atoms with Gasteiger partial charge in [-0.05, 0) is 78.7 Å². The number of aromatic nitrogens is 1. The predicted octanol–water partition coefficient (Wildman–Crippen LogP) is 5.39. The Hall–Kier alpha value is -2.91. The largest absolute Gasteiger partial charge is 0.378 e. The minimum Gasteiger partial charge on any atom is -0.378 e. The van der Waals surface area contributed by atoms with E-state index in [1.165, 1.54) is 11.8 Å². The highest BCUT2D eigenvalue weighted by Crippen LogP contribution is 2.36. The van der Waals surface area contributed by atoms with Gasteiger partial charge in [0.2, 0.25) is 0 Å². The molecule has 0 aliphatic carbocycles. The maximum absolute atomic E-state index is 12.7. The van der Waals surface area contributed by atoms with Crippen LogP contribution in [0.1, 0.15) is 19.4 Å². The molecule has 3 aromatic rings. The number of thioether (sulfide) groups is 1. The maximum Gasteiger partial charge on any atom is 0.286 e. The van der Waals surface area contributed by atoms with E-state index in [1.807, 2.05) is 30.5 Å². The number of pyridine rings is 1. The number of halogens is 1. The quantitative estimate of drug-likeness (QED) is 0.396. The molecule has 7 nitrogen and oxygen atoms in total. The lowest BCUT2D eigenvalue weighted by molar-refractivity contribution is -0.113. The first-order chi connectivity index (χ1) is 19.0. The van der Waals surface area contributed by atoms with Crippen molar-refractivity contribution in [1.29, 1.82) is 0 Å². The van der Waals surface area contributed by atoms with Crippen molar-refractivity contribution < 1.29 is 9.53 Å². The van der Waals surface area contributed by atoms with Gasteiger partial charge in [0.25, 0.3) is 5.91 Å². The second kappa shape index (κ2) is 11.3. The van der Waals surface area contributed by atoms with Crippen LogP contribution in [0.15, 0.2) is 58.6 Å². The summed E-state index contributed by atoms with van der Waals surface area (Å²) in [6.07, 6.45) is 3.76. The van der Waals surface area contributed by atoms with E-state index >= 15 is 0 Å². The monoisotopic (exact) mass is 561 g/mol. The van der Waals surface area contributed by atoms with E-state index in [9.17, 15) is 4.79 Å². The fourth-order valence-corrected chi connectivity index (χ4v) is 6.62. The number of benzene rings is 2. The van der Waals surface area contributed by atoms with Gasteiger partial charge in [-0.2, -0.15) is 4.99 Å². The van der Waals surface area contributed by atoms with Gasteiger partial charge in [-0.3, -0.25) is 14.7 Å². The Kier molecular flexibility index (Phi) is 7.62. The van der Waals surface area contributed by atoms with Gasteiger partial charge in [0, 0.05) is 56.9 Å². The average molecular weight is 562 g/mol. The molecule has 202 valence electrons. The SMILES string of the molecule is CC(C)N1CCN(c2ccc(-c3ccnc4ccc(C=C5SC(N6CCOCC6)=NC5=O)cc34)cc2Cl)CC1. The van der Waals surface area contributed by atoms with Crippen molar-refractivity contribution in [3.8, 4) is 11.1 Å². The zero-order chi connectivity index (χ0) is 26.9. The number of ether oxygens (including phenoxy) is 1. The predicted molar refractivity (Wildman–Crippen MR) is 162 cm³/mol. The van der Waals surface area contributed by atoms with E-state index in [2.05, 4.69) is 62.8 Å². The Bertz CT molecular complexity index is 1460. The second-order valence-corrected chi connectivity index (χ2v) is 11.7. The fourth-order valence-electron chi connectivity index (χ4n) is 5.35. The Balaban J connectivity index is 1.25. The number of nitrogens with zero attached hydrogens (tertiary/aromatic N) is 5. The molecule has 0 saturated carbocycles. The Morgan fingerprint density at radius 1 is 0.974 bits per heavy atom. The molecule has 4 heterocycles. The number of piperazine rings is 1. The van der Waals surface area contributed by atoms with Gasteiger partial charge in [0.05, 0.1) is 34.3 Å². The van der Waals surface area contributed by atoms with Crippen molar-refractivity contribution in [3.63, 3.8) is 0 Å². The standard InChI is InChI=1S/C30H32ClN5O2S/c1-20(2)34-9-11-35(12-10-34)27-6-4-22(19-25(27)31)23-7-8-32-26-5-3-21(17-24(23)26)18-28-29(37)33-30(39-28)36-13-15-38-16-14-36/h3-8,17-20H,9-16H2,1-2H3. The van der Waals surface area contributed by atoms with Crippen LogP contribution in [0.5, 0.6) is 0 Å². The lowest BCUT2D eigenvalue weighted by Crippen LogP contribution is -2.49. The van der Waals surface area contributed by atoms with Gasteiger partial charge < -0.3 is 14.5 Å². The molecule has 1 amide bonds. The van der Waals surface area contributed by atoms with Crippen molar-refractivity contribution in [3.05, 3.63) is 64.2 Å². The number of anilines is 1. The van der Waals surface area contributed by atoms with Gasteiger partial charge in [0.15, 0.2) is 5.17 Å². The highest BCUT2D eigenvalue weighted by molar-refractivity contribution is 8.18. The molecule has 2 saturated heterocycles. The van der Waals surface area contributed by atoms with Crippen LogP contribution in [-0.2, 0) is 9.53 Å². The fraction of sp³-hybridized carbons (Fsp3) is 0.367. The number of carbonyl (C=O) groups excluding carboxylic acids is 1. The van der Waals surface area contributed by atoms with Crippen LogP contribution in [-0.4, -0.2) is 84.4 Å². The van der Waals surface area contributed by atoms with Gasteiger partial charge in [0.1, 0.15) is 0 Å². The number of aliphatic imine (C=N–C) groups is 1. The normalized spacial score (nSPS) is 19.9. The third-order valence-electron chi connectivity index (χ3n) is 7.60. The Morgan fingerprint density at radius 2 is 1.77 bits per heavy atom. The smallest absolute Gasteiger partial charge is 0.286 e. The van der Waals surface area contributed by atoms with Gasteiger partial charge in [-0.15, -0.1) is 0 Å². The van der Waals surface area contributed by atoms with E-state index in [0.717, 1.165) is 82.7 Å². The molecule has 9 heteroatoms. The molecule has 2 aromatic carbocycles. The minimum absolute atomic E-state index is 0.190. The number of carbonyl (C=O) groups is 1. The molecular formula is C30H32ClN5O2S. The Labute approximate surface area is 238 Å². The highest BCUT2D eigenvalue weighted by atomic mass is 35.5. The summed E-state index contributed by atoms with van der Waals surface area (Å²) in [6, 6.07) is 15.0. The third-order valence-corrected chi connectivity index (χ3v) is 8.95. The molecule has 2 fully saturated rings. The van der Waals surface area contributed by atoms with Crippen LogP contribution >= 0.6 is 23.4 Å². The van der Waals surface area contributed by atoms with Crippen LogP contribution in [0.25, 0.3) is 28.1 Å². The summed E-state index contributed by atoms with van der Waals surface area (Å²) >= 11 is 8.29. The second-order valence-electron chi connectivity index (χ2n) is 10.3. The third kappa shape index (κ3) is 5.57. The number of amidine groups is 1. The number of fused-ring (bicyclic) bond motifs is 1. The van der Waals surface area contributed by atoms with Crippen LogP contribution < -0.4 is 4.90 Å². The van der Waals surface area contributed by atoms with Gasteiger partial charge in [-0.1, -0.05) is 23.7 Å². The number of amides is 1. The first-order valence-corrected chi connectivity index (χ1v) is 14.7. The molecule has 3 aliphatic heterocycles. The minimum atomic E-state index is -0.190. The summed E-state index contributed by atoms with van der Waals surface area (Å²) in [4.78, 5) is 29.2. The maximum atomic E-state index is 12.7. The van der Waals surface area contributed by atoms with E-state index in [-0.39, 0.29) is 5.91 Å². The summed E-state index contributed by atoms with van der Waals surface area (Å²) in [5.74, 6) is -0.190. The molecule has 0 N–H and O–H groups in total. The summed E-state index contributed by atoms with van der Waals surface area (Å²) < 4.78 is 5.43. The highest BCUT2D eigenvalue weighted by Gasteiger charge is 2.27. The molecule has 0 radical (unpaired) electrons. The number of morpholine rings is 1. The topological polar surface area (TPSA) is 61.3 Å². The van der Waals surface area contributed by atoms with E-state index in [4.69, 9.17) is 16.3 Å². The molecular weight excluding hydrogens is 530 g/mol. The summed E-state index contributed by atoms with van der Waals surface area (Å²) in [5.41, 5.74) is 5.03. The summed E-state index contributed by atoms with van der Waals surface area (Å²) in [7, 11) is 0. The van der Waals surface area contributed by atoms with Gasteiger partial charge in [-0.25, -0.2) is 0 Å². The molecule has 0 atom stereocenters. The molecule has 0 spiro atoms. The number of hydrogen-bond acceptors (Lipinski definition) is 7. The van der Waals surface area contributed by atoms with E-state index in [1.54, 1.807) is 0 Å². The van der Waals surface area contributed by atoms with E-state index < -0.39 is 0 Å². The van der Waals surface area contributed by atoms with Crippen LogP contribution in [0.3, 0.4) is 0 Å². The molecule has 0 bridgehead atoms. The Morgan fingerprint density at radius 3 is 2.51 bits per heavy atom. The van der Waals surface area contributed by atoms with Crippen molar-refractivity contribution in [2.45, 2.75) is 19.9 Å². The first-order valence-electron chi connectivity index (χ1n) is 13.5.